The van der Waals surface area contributed by atoms with E-state index >= 15 is 0 Å². The van der Waals surface area contributed by atoms with Crippen LogP contribution in [-0.4, -0.2) is 35.3 Å². The Morgan fingerprint density at radius 3 is 2.70 bits per heavy atom. The highest BCUT2D eigenvalue weighted by atomic mass is 32.2. The molecule has 30 heavy (non-hydrogen) atoms. The van der Waals surface area contributed by atoms with Gasteiger partial charge in [0.15, 0.2) is 5.82 Å². The minimum atomic E-state index is -3.50. The molecule has 2 heterocycles. The van der Waals surface area contributed by atoms with Crippen molar-refractivity contribution in [3.63, 3.8) is 0 Å². The van der Waals surface area contributed by atoms with E-state index in [-0.39, 0.29) is 11.3 Å². The molecule has 2 aromatic carbocycles. The summed E-state index contributed by atoms with van der Waals surface area (Å²) < 4.78 is 27.7. The standard InChI is InChI=1S/C21H23N5O3S/c1-30(28,29)25-18-11-5-4-10-17(18)21(27)22-16-9-7-8-15(14-16)20-24-23-19-12-3-2-6-13-26(19)20/h4-5,7-11,14,25H,2-3,6,12-13H2,1H3,(H,22,27). The molecule has 156 valence electrons. The fraction of sp³-hybridized carbons (Fsp3) is 0.286. The Morgan fingerprint density at radius 1 is 1.03 bits per heavy atom. The summed E-state index contributed by atoms with van der Waals surface area (Å²) in [6, 6.07) is 13.9. The van der Waals surface area contributed by atoms with Gasteiger partial charge in [-0.25, -0.2) is 8.42 Å². The van der Waals surface area contributed by atoms with Crippen molar-refractivity contribution < 1.29 is 13.2 Å². The van der Waals surface area contributed by atoms with E-state index < -0.39 is 15.9 Å². The monoisotopic (exact) mass is 425 g/mol. The number of aromatic nitrogens is 3. The summed E-state index contributed by atoms with van der Waals surface area (Å²) in [5, 5.41) is 11.6. The van der Waals surface area contributed by atoms with Gasteiger partial charge in [-0.15, -0.1) is 10.2 Å². The van der Waals surface area contributed by atoms with Gasteiger partial charge in [0.2, 0.25) is 10.0 Å². The summed E-state index contributed by atoms with van der Waals surface area (Å²) in [5.41, 5.74) is 1.94. The Balaban J connectivity index is 1.59. The minimum Gasteiger partial charge on any atom is -0.322 e. The predicted octanol–water partition coefficient (Wildman–Crippen LogP) is 3.30. The molecule has 0 aliphatic carbocycles. The van der Waals surface area contributed by atoms with Gasteiger partial charge in [0.25, 0.3) is 5.91 Å². The van der Waals surface area contributed by atoms with Crippen LogP contribution in [0.25, 0.3) is 11.4 Å². The first-order valence-corrected chi connectivity index (χ1v) is 11.7. The van der Waals surface area contributed by atoms with Crippen LogP contribution in [0.15, 0.2) is 48.5 Å². The molecular formula is C21H23N5O3S. The van der Waals surface area contributed by atoms with Gasteiger partial charge in [0.05, 0.1) is 17.5 Å². The molecule has 0 spiro atoms. The third kappa shape index (κ3) is 4.51. The van der Waals surface area contributed by atoms with Gasteiger partial charge in [-0.3, -0.25) is 9.52 Å². The third-order valence-electron chi connectivity index (χ3n) is 4.96. The number of sulfonamides is 1. The van der Waals surface area contributed by atoms with Gasteiger partial charge in [-0.05, 0) is 37.1 Å². The van der Waals surface area contributed by atoms with Crippen molar-refractivity contribution in [1.82, 2.24) is 14.8 Å². The van der Waals surface area contributed by atoms with Gasteiger partial charge in [-0.1, -0.05) is 30.7 Å². The molecule has 9 heteroatoms. The molecule has 2 N–H and O–H groups in total. The third-order valence-corrected chi connectivity index (χ3v) is 5.55. The van der Waals surface area contributed by atoms with Crippen molar-refractivity contribution in [3.05, 3.63) is 59.9 Å². The molecule has 1 amide bonds. The zero-order valence-electron chi connectivity index (χ0n) is 16.6. The quantitative estimate of drug-likeness (QED) is 0.652. The summed E-state index contributed by atoms with van der Waals surface area (Å²) in [4.78, 5) is 12.8. The Bertz CT molecular complexity index is 1190. The predicted molar refractivity (Wildman–Crippen MR) is 116 cm³/mol. The van der Waals surface area contributed by atoms with E-state index in [0.29, 0.717) is 5.69 Å². The molecule has 0 atom stereocenters. The van der Waals surface area contributed by atoms with E-state index in [0.717, 1.165) is 49.3 Å². The Labute approximate surface area is 175 Å². The van der Waals surface area contributed by atoms with E-state index in [1.54, 1.807) is 30.3 Å². The molecule has 0 bridgehead atoms. The van der Waals surface area contributed by atoms with Crippen LogP contribution in [0, 0.1) is 0 Å². The number of benzene rings is 2. The number of aryl methyl sites for hydroxylation is 1. The number of carbonyl (C=O) groups is 1. The number of carbonyl (C=O) groups excluding carboxylic acids is 1. The van der Waals surface area contributed by atoms with E-state index in [9.17, 15) is 13.2 Å². The average molecular weight is 426 g/mol. The van der Waals surface area contributed by atoms with E-state index in [1.807, 2.05) is 18.2 Å². The molecule has 0 saturated heterocycles. The van der Waals surface area contributed by atoms with Crippen molar-refractivity contribution in [2.24, 2.45) is 0 Å². The van der Waals surface area contributed by atoms with Crippen molar-refractivity contribution in [3.8, 4) is 11.4 Å². The second kappa shape index (κ2) is 8.27. The zero-order chi connectivity index (χ0) is 21.1. The largest absolute Gasteiger partial charge is 0.322 e. The summed E-state index contributed by atoms with van der Waals surface area (Å²) in [5.74, 6) is 1.39. The Hall–Kier alpha value is -3.20. The van der Waals surface area contributed by atoms with Crippen LogP contribution in [0.3, 0.4) is 0 Å². The first-order chi connectivity index (χ1) is 14.4. The number of hydrogen-bond donors (Lipinski definition) is 2. The van der Waals surface area contributed by atoms with Crippen molar-refractivity contribution in [2.75, 3.05) is 16.3 Å². The molecule has 8 nitrogen and oxygen atoms in total. The highest BCUT2D eigenvalue weighted by Crippen LogP contribution is 2.25. The summed E-state index contributed by atoms with van der Waals surface area (Å²) in [7, 11) is -3.50. The highest BCUT2D eigenvalue weighted by molar-refractivity contribution is 7.92. The molecule has 0 fully saturated rings. The number of anilines is 2. The van der Waals surface area contributed by atoms with Crippen molar-refractivity contribution >= 4 is 27.3 Å². The van der Waals surface area contributed by atoms with Crippen LogP contribution in [-0.2, 0) is 23.0 Å². The topological polar surface area (TPSA) is 106 Å². The van der Waals surface area contributed by atoms with Crippen LogP contribution in [0.1, 0.15) is 35.4 Å². The van der Waals surface area contributed by atoms with Crippen LogP contribution in [0.5, 0.6) is 0 Å². The Morgan fingerprint density at radius 2 is 1.87 bits per heavy atom. The van der Waals surface area contributed by atoms with Crippen molar-refractivity contribution in [1.29, 1.82) is 0 Å². The number of fused-ring (bicyclic) bond motifs is 1. The minimum absolute atomic E-state index is 0.233. The lowest BCUT2D eigenvalue weighted by molar-refractivity contribution is 0.102. The fourth-order valence-electron chi connectivity index (χ4n) is 3.60. The lowest BCUT2D eigenvalue weighted by Crippen LogP contribution is -2.17. The average Bonchev–Trinajstić information content (AvgIpc) is 2.96. The second-order valence-corrected chi connectivity index (χ2v) is 9.11. The maximum absolute atomic E-state index is 12.8. The van der Waals surface area contributed by atoms with Crippen LogP contribution >= 0.6 is 0 Å². The van der Waals surface area contributed by atoms with Crippen LogP contribution in [0.4, 0.5) is 11.4 Å². The van der Waals surface area contributed by atoms with Gasteiger partial charge in [-0.2, -0.15) is 0 Å². The van der Waals surface area contributed by atoms with Crippen molar-refractivity contribution in [2.45, 2.75) is 32.2 Å². The number of nitrogens with one attached hydrogen (secondary N) is 2. The second-order valence-electron chi connectivity index (χ2n) is 7.36. The number of amides is 1. The van der Waals surface area contributed by atoms with Crippen LogP contribution < -0.4 is 10.0 Å². The lowest BCUT2D eigenvalue weighted by Gasteiger charge is -2.12. The van der Waals surface area contributed by atoms with Gasteiger partial charge < -0.3 is 9.88 Å². The van der Waals surface area contributed by atoms with E-state index in [2.05, 4.69) is 24.8 Å². The fourth-order valence-corrected chi connectivity index (χ4v) is 4.18. The zero-order valence-corrected chi connectivity index (χ0v) is 17.4. The smallest absolute Gasteiger partial charge is 0.257 e. The van der Waals surface area contributed by atoms with E-state index in [1.165, 1.54) is 6.42 Å². The number of nitrogens with zero attached hydrogens (tertiary/aromatic N) is 3. The van der Waals surface area contributed by atoms with Gasteiger partial charge >= 0.3 is 0 Å². The Kier molecular flexibility index (Phi) is 5.54. The molecule has 3 aromatic rings. The lowest BCUT2D eigenvalue weighted by atomic mass is 10.1. The summed E-state index contributed by atoms with van der Waals surface area (Å²) in [6.07, 6.45) is 5.37. The van der Waals surface area contributed by atoms with E-state index in [4.69, 9.17) is 0 Å². The first kappa shape index (κ1) is 20.1. The molecule has 0 saturated carbocycles. The summed E-state index contributed by atoms with van der Waals surface area (Å²) >= 11 is 0. The molecule has 0 unspecified atom stereocenters. The SMILES string of the molecule is CS(=O)(=O)Nc1ccccc1C(=O)Nc1cccc(-c2nnc3n2CCCCC3)c1. The molecule has 1 aliphatic heterocycles. The molecule has 1 aromatic heterocycles. The van der Waals surface area contributed by atoms with Gasteiger partial charge in [0.1, 0.15) is 5.82 Å². The number of para-hydroxylation sites is 1. The highest BCUT2D eigenvalue weighted by Gasteiger charge is 2.17. The molecule has 0 radical (unpaired) electrons. The maximum atomic E-state index is 12.8. The first-order valence-electron chi connectivity index (χ1n) is 9.81. The number of hydrogen-bond acceptors (Lipinski definition) is 5. The molecule has 4 rings (SSSR count). The maximum Gasteiger partial charge on any atom is 0.257 e. The van der Waals surface area contributed by atoms with Gasteiger partial charge in [0, 0.05) is 24.2 Å². The molecule has 1 aliphatic rings. The normalized spacial score (nSPS) is 13.9. The number of rotatable bonds is 5. The van der Waals surface area contributed by atoms with Crippen LogP contribution in [0.2, 0.25) is 0 Å². The summed E-state index contributed by atoms with van der Waals surface area (Å²) in [6.45, 7) is 0.888. The molecular weight excluding hydrogens is 402 g/mol.